The first-order chi connectivity index (χ1) is 9.97. The van der Waals surface area contributed by atoms with E-state index in [1.54, 1.807) is 6.92 Å². The van der Waals surface area contributed by atoms with Crippen LogP contribution in [0.1, 0.15) is 58.8 Å². The SMILES string of the molecule is CC(O)CC(C)CNC(=O)CNC(=O)CC1CCCCC1. The molecule has 1 aliphatic carbocycles. The predicted molar refractivity (Wildman–Crippen MR) is 82.7 cm³/mol. The smallest absolute Gasteiger partial charge is 0.239 e. The van der Waals surface area contributed by atoms with Crippen molar-refractivity contribution in [3.8, 4) is 0 Å². The van der Waals surface area contributed by atoms with Gasteiger partial charge in [-0.1, -0.05) is 26.2 Å². The molecular weight excluding hydrogens is 268 g/mol. The Morgan fingerprint density at radius 3 is 2.38 bits per heavy atom. The van der Waals surface area contributed by atoms with Crippen molar-refractivity contribution in [3.05, 3.63) is 0 Å². The maximum absolute atomic E-state index is 11.8. The molecule has 1 aliphatic rings. The summed E-state index contributed by atoms with van der Waals surface area (Å²) >= 11 is 0. The van der Waals surface area contributed by atoms with Gasteiger partial charge in [0.25, 0.3) is 0 Å². The minimum atomic E-state index is -0.355. The van der Waals surface area contributed by atoms with Crippen LogP contribution in [-0.4, -0.2) is 36.1 Å². The van der Waals surface area contributed by atoms with Crippen molar-refractivity contribution in [1.82, 2.24) is 10.6 Å². The van der Waals surface area contributed by atoms with E-state index in [0.29, 0.717) is 25.3 Å². The number of rotatable bonds is 8. The van der Waals surface area contributed by atoms with Crippen LogP contribution in [0.2, 0.25) is 0 Å². The molecule has 2 unspecified atom stereocenters. The largest absolute Gasteiger partial charge is 0.393 e. The molecule has 1 saturated carbocycles. The molecule has 0 aromatic rings. The molecule has 5 heteroatoms. The Labute approximate surface area is 127 Å². The fourth-order valence-corrected chi connectivity index (χ4v) is 2.92. The lowest BCUT2D eigenvalue weighted by molar-refractivity contribution is -0.126. The number of aliphatic hydroxyl groups excluding tert-OH is 1. The molecule has 0 radical (unpaired) electrons. The van der Waals surface area contributed by atoms with Crippen molar-refractivity contribution in [1.29, 1.82) is 0 Å². The minimum Gasteiger partial charge on any atom is -0.393 e. The summed E-state index contributed by atoms with van der Waals surface area (Å²) in [5.41, 5.74) is 0. The lowest BCUT2D eigenvalue weighted by atomic mass is 9.87. The molecule has 122 valence electrons. The van der Waals surface area contributed by atoms with Gasteiger partial charge in [0, 0.05) is 13.0 Å². The van der Waals surface area contributed by atoms with Gasteiger partial charge in [0.15, 0.2) is 0 Å². The maximum Gasteiger partial charge on any atom is 0.239 e. The molecule has 1 fully saturated rings. The fraction of sp³-hybridized carbons (Fsp3) is 0.875. The Balaban J connectivity index is 2.10. The van der Waals surface area contributed by atoms with E-state index in [4.69, 9.17) is 0 Å². The van der Waals surface area contributed by atoms with Crippen LogP contribution < -0.4 is 10.6 Å². The normalized spacial score (nSPS) is 18.8. The number of carbonyl (C=O) groups is 2. The lowest BCUT2D eigenvalue weighted by Gasteiger charge is -2.20. The Morgan fingerprint density at radius 1 is 1.10 bits per heavy atom. The van der Waals surface area contributed by atoms with Gasteiger partial charge in [-0.2, -0.15) is 0 Å². The third kappa shape index (κ3) is 8.71. The number of hydrogen-bond acceptors (Lipinski definition) is 3. The molecule has 21 heavy (non-hydrogen) atoms. The molecule has 3 N–H and O–H groups in total. The molecule has 5 nitrogen and oxygen atoms in total. The summed E-state index contributed by atoms with van der Waals surface area (Å²) in [7, 11) is 0. The van der Waals surface area contributed by atoms with E-state index in [1.807, 2.05) is 6.92 Å². The van der Waals surface area contributed by atoms with E-state index in [-0.39, 0.29) is 30.4 Å². The second kappa shape index (κ2) is 9.77. The van der Waals surface area contributed by atoms with E-state index >= 15 is 0 Å². The second-order valence-corrected chi connectivity index (χ2v) is 6.48. The molecule has 0 saturated heterocycles. The average Bonchev–Trinajstić information content (AvgIpc) is 2.43. The Kier molecular flexibility index (Phi) is 8.35. The summed E-state index contributed by atoms with van der Waals surface area (Å²) in [4.78, 5) is 23.4. The van der Waals surface area contributed by atoms with Crippen molar-refractivity contribution in [2.75, 3.05) is 13.1 Å². The number of nitrogens with one attached hydrogen (secondary N) is 2. The molecule has 0 aromatic carbocycles. The van der Waals surface area contributed by atoms with Crippen LogP contribution in [0, 0.1) is 11.8 Å². The topological polar surface area (TPSA) is 78.4 Å². The van der Waals surface area contributed by atoms with Crippen LogP contribution >= 0.6 is 0 Å². The molecule has 2 atom stereocenters. The van der Waals surface area contributed by atoms with Crippen LogP contribution in [0.4, 0.5) is 0 Å². The summed E-state index contributed by atoms with van der Waals surface area (Å²) < 4.78 is 0. The summed E-state index contributed by atoms with van der Waals surface area (Å²) in [6.45, 7) is 4.30. The third-order valence-corrected chi connectivity index (χ3v) is 4.04. The monoisotopic (exact) mass is 298 g/mol. The van der Waals surface area contributed by atoms with Gasteiger partial charge < -0.3 is 15.7 Å². The van der Waals surface area contributed by atoms with E-state index in [0.717, 1.165) is 12.8 Å². The molecule has 1 rings (SSSR count). The van der Waals surface area contributed by atoms with Crippen molar-refractivity contribution < 1.29 is 14.7 Å². The molecule has 0 aliphatic heterocycles. The zero-order valence-electron chi connectivity index (χ0n) is 13.4. The Morgan fingerprint density at radius 2 is 1.76 bits per heavy atom. The first-order valence-electron chi connectivity index (χ1n) is 8.18. The molecule has 0 bridgehead atoms. The van der Waals surface area contributed by atoms with Gasteiger partial charge in [-0.25, -0.2) is 0 Å². The van der Waals surface area contributed by atoms with Gasteiger partial charge in [-0.3, -0.25) is 9.59 Å². The van der Waals surface area contributed by atoms with Gasteiger partial charge in [0.2, 0.25) is 11.8 Å². The van der Waals surface area contributed by atoms with Crippen molar-refractivity contribution in [2.45, 2.75) is 64.9 Å². The average molecular weight is 298 g/mol. The molecule has 0 heterocycles. The fourth-order valence-electron chi connectivity index (χ4n) is 2.92. The summed E-state index contributed by atoms with van der Waals surface area (Å²) in [5, 5.41) is 14.7. The molecule has 0 spiro atoms. The third-order valence-electron chi connectivity index (χ3n) is 4.04. The zero-order valence-corrected chi connectivity index (χ0v) is 13.4. The number of amides is 2. The van der Waals surface area contributed by atoms with Crippen molar-refractivity contribution >= 4 is 11.8 Å². The standard InChI is InChI=1S/C16H30N2O3/c1-12(8-13(2)19)10-17-16(21)11-18-15(20)9-14-6-4-3-5-7-14/h12-14,19H,3-11H2,1-2H3,(H,17,21)(H,18,20). The highest BCUT2D eigenvalue weighted by Gasteiger charge is 2.17. The zero-order chi connectivity index (χ0) is 15.7. The van der Waals surface area contributed by atoms with Crippen LogP contribution in [0.25, 0.3) is 0 Å². The molecular formula is C16H30N2O3. The predicted octanol–water partition coefficient (Wildman–Crippen LogP) is 1.60. The molecule has 2 amide bonds. The van der Waals surface area contributed by atoms with Gasteiger partial charge in [-0.05, 0) is 38.0 Å². The summed E-state index contributed by atoms with van der Waals surface area (Å²) in [6, 6.07) is 0. The number of carbonyl (C=O) groups excluding carboxylic acids is 2. The first-order valence-corrected chi connectivity index (χ1v) is 8.18. The van der Waals surface area contributed by atoms with Crippen LogP contribution in [-0.2, 0) is 9.59 Å². The highest BCUT2D eigenvalue weighted by molar-refractivity contribution is 5.84. The number of aliphatic hydroxyl groups is 1. The number of hydrogen-bond donors (Lipinski definition) is 3. The second-order valence-electron chi connectivity index (χ2n) is 6.48. The van der Waals surface area contributed by atoms with E-state index in [9.17, 15) is 14.7 Å². The van der Waals surface area contributed by atoms with Gasteiger partial charge in [-0.15, -0.1) is 0 Å². The maximum atomic E-state index is 11.8. The highest BCUT2D eigenvalue weighted by atomic mass is 16.3. The summed E-state index contributed by atoms with van der Waals surface area (Å²) in [5.74, 6) is 0.540. The van der Waals surface area contributed by atoms with Crippen LogP contribution in [0.15, 0.2) is 0 Å². The Bertz CT molecular complexity index is 325. The van der Waals surface area contributed by atoms with E-state index < -0.39 is 0 Å². The van der Waals surface area contributed by atoms with E-state index in [2.05, 4.69) is 10.6 Å². The van der Waals surface area contributed by atoms with Crippen LogP contribution in [0.5, 0.6) is 0 Å². The first kappa shape index (κ1) is 18.0. The quantitative estimate of drug-likeness (QED) is 0.637. The van der Waals surface area contributed by atoms with E-state index in [1.165, 1.54) is 19.3 Å². The van der Waals surface area contributed by atoms with Crippen molar-refractivity contribution in [3.63, 3.8) is 0 Å². The lowest BCUT2D eigenvalue weighted by Crippen LogP contribution is -2.39. The highest BCUT2D eigenvalue weighted by Crippen LogP contribution is 2.25. The van der Waals surface area contributed by atoms with Gasteiger partial charge in [0.1, 0.15) is 0 Å². The summed E-state index contributed by atoms with van der Waals surface area (Å²) in [6.07, 6.45) is 6.85. The van der Waals surface area contributed by atoms with Crippen molar-refractivity contribution in [2.24, 2.45) is 11.8 Å². The minimum absolute atomic E-state index is 0.0194. The van der Waals surface area contributed by atoms with Crippen LogP contribution in [0.3, 0.4) is 0 Å². The van der Waals surface area contributed by atoms with Gasteiger partial charge >= 0.3 is 0 Å². The van der Waals surface area contributed by atoms with Gasteiger partial charge in [0.05, 0.1) is 12.6 Å². The molecule has 0 aromatic heterocycles. The Hall–Kier alpha value is -1.10.